The van der Waals surface area contributed by atoms with E-state index >= 15 is 0 Å². The Kier molecular flexibility index (Phi) is 10.7. The molecule has 0 aromatic heterocycles. The number of amides is 2. The lowest BCUT2D eigenvalue weighted by atomic mass is 9.95. The molecule has 2 aliphatic heterocycles. The average molecular weight is 544 g/mol. The highest BCUT2D eigenvalue weighted by atomic mass is 35.5. The van der Waals surface area contributed by atoms with E-state index in [0.717, 1.165) is 25.9 Å². The zero-order chi connectivity index (χ0) is 25.8. The van der Waals surface area contributed by atoms with Gasteiger partial charge < -0.3 is 24.4 Å². The molecule has 0 spiro atoms. The molecule has 36 heavy (non-hydrogen) atoms. The van der Waals surface area contributed by atoms with Crippen LogP contribution in [0.5, 0.6) is 11.5 Å². The summed E-state index contributed by atoms with van der Waals surface area (Å²) >= 11 is 1.50. The number of benzene rings is 1. The van der Waals surface area contributed by atoms with Crippen molar-refractivity contribution >= 4 is 42.0 Å². The summed E-state index contributed by atoms with van der Waals surface area (Å²) in [4.78, 5) is 43.0. The molecular formula is C25H38ClN3O6S. The summed E-state index contributed by atoms with van der Waals surface area (Å²) in [7, 11) is 2.94. The number of β-lactam (4-membered cyclic amide) rings is 1. The van der Waals surface area contributed by atoms with Crippen LogP contribution in [0, 0.1) is 0 Å². The highest BCUT2D eigenvalue weighted by Gasteiger charge is 2.64. The fourth-order valence-corrected chi connectivity index (χ4v) is 6.36. The van der Waals surface area contributed by atoms with Gasteiger partial charge in [-0.2, -0.15) is 0 Å². The Hall–Kier alpha value is -2.17. The third kappa shape index (κ3) is 6.03. The van der Waals surface area contributed by atoms with Gasteiger partial charge in [-0.05, 0) is 51.9 Å². The second-order valence-corrected chi connectivity index (χ2v) is 11.0. The Balaban J connectivity index is 0.00000456. The number of carbonyl (C=O) groups is 3. The minimum Gasteiger partial charge on any atom is -0.496 e. The van der Waals surface area contributed by atoms with E-state index in [2.05, 4.69) is 24.1 Å². The lowest BCUT2D eigenvalue weighted by Crippen LogP contribution is -2.70. The average Bonchev–Trinajstić information content (AvgIpc) is 3.09. The summed E-state index contributed by atoms with van der Waals surface area (Å²) in [6.45, 7) is 11.0. The number of hydrogen-bond acceptors (Lipinski definition) is 8. The molecule has 202 valence electrons. The van der Waals surface area contributed by atoms with Crippen LogP contribution in [0.4, 0.5) is 0 Å². The Bertz CT molecular complexity index is 918. The van der Waals surface area contributed by atoms with Crippen molar-refractivity contribution in [2.45, 2.75) is 62.7 Å². The molecule has 2 fully saturated rings. The third-order valence-electron chi connectivity index (χ3n) is 6.34. The monoisotopic (exact) mass is 543 g/mol. The van der Waals surface area contributed by atoms with Gasteiger partial charge in [0.05, 0.1) is 14.2 Å². The number of methoxy groups -OCH3 is 2. The van der Waals surface area contributed by atoms with Crippen molar-refractivity contribution in [1.82, 2.24) is 15.1 Å². The minimum atomic E-state index is -0.746. The van der Waals surface area contributed by atoms with Gasteiger partial charge in [0.25, 0.3) is 5.91 Å². The molecule has 1 N–H and O–H groups in total. The van der Waals surface area contributed by atoms with E-state index in [4.69, 9.17) is 14.2 Å². The molecule has 2 heterocycles. The summed E-state index contributed by atoms with van der Waals surface area (Å²) in [6, 6.07) is 3.59. The number of esters is 1. The molecule has 1 aromatic rings. The molecule has 2 amide bonds. The Labute approximate surface area is 224 Å². The molecule has 0 aliphatic carbocycles. The van der Waals surface area contributed by atoms with E-state index in [-0.39, 0.29) is 35.9 Å². The van der Waals surface area contributed by atoms with Crippen molar-refractivity contribution in [3.63, 3.8) is 0 Å². The van der Waals surface area contributed by atoms with Gasteiger partial charge in [-0.15, -0.1) is 24.2 Å². The van der Waals surface area contributed by atoms with E-state index < -0.39 is 28.7 Å². The highest BCUT2D eigenvalue weighted by Crippen LogP contribution is 2.51. The van der Waals surface area contributed by atoms with Gasteiger partial charge in [0.1, 0.15) is 41.1 Å². The number of nitrogens with one attached hydrogen (secondary N) is 1. The number of fused-ring (bicyclic) bond motifs is 1. The van der Waals surface area contributed by atoms with Crippen LogP contribution in [0.1, 0.15) is 50.9 Å². The first-order valence-corrected chi connectivity index (χ1v) is 13.0. The van der Waals surface area contributed by atoms with Crippen LogP contribution in [0.15, 0.2) is 18.2 Å². The van der Waals surface area contributed by atoms with Crippen molar-refractivity contribution in [2.75, 3.05) is 40.5 Å². The molecule has 1 aromatic carbocycles. The summed E-state index contributed by atoms with van der Waals surface area (Å²) in [6.07, 6.45) is 2.08. The summed E-state index contributed by atoms with van der Waals surface area (Å²) in [5.74, 6) is -0.454. The third-order valence-corrected chi connectivity index (χ3v) is 7.91. The van der Waals surface area contributed by atoms with Crippen molar-refractivity contribution < 1.29 is 28.6 Å². The second kappa shape index (κ2) is 12.9. The van der Waals surface area contributed by atoms with Crippen molar-refractivity contribution in [2.24, 2.45) is 0 Å². The molecule has 0 saturated carbocycles. The molecule has 3 rings (SSSR count). The molecule has 11 heteroatoms. The molecule has 3 atom stereocenters. The molecule has 9 nitrogen and oxygen atoms in total. The number of ether oxygens (including phenoxy) is 3. The van der Waals surface area contributed by atoms with E-state index in [1.54, 1.807) is 23.1 Å². The number of rotatable bonds is 12. The first-order chi connectivity index (χ1) is 16.7. The molecule has 2 saturated heterocycles. The maximum atomic E-state index is 13.1. The van der Waals surface area contributed by atoms with Crippen molar-refractivity contribution in [3.05, 3.63) is 23.8 Å². The van der Waals surface area contributed by atoms with E-state index in [0.29, 0.717) is 18.0 Å². The topological polar surface area (TPSA) is 97.4 Å². The minimum absolute atomic E-state index is 0. The molecule has 2 unspecified atom stereocenters. The van der Waals surface area contributed by atoms with Crippen LogP contribution in [0.25, 0.3) is 0 Å². The van der Waals surface area contributed by atoms with Gasteiger partial charge in [-0.1, -0.05) is 19.9 Å². The van der Waals surface area contributed by atoms with Gasteiger partial charge in [-0.25, -0.2) is 4.79 Å². The fourth-order valence-electron chi connectivity index (χ4n) is 4.74. The van der Waals surface area contributed by atoms with Gasteiger partial charge >= 0.3 is 5.97 Å². The van der Waals surface area contributed by atoms with Gasteiger partial charge in [-0.3, -0.25) is 14.5 Å². The smallest absolute Gasteiger partial charge is 0.330 e. The van der Waals surface area contributed by atoms with E-state index in [1.165, 1.54) is 26.0 Å². The predicted octanol–water partition coefficient (Wildman–Crippen LogP) is 2.95. The zero-order valence-corrected chi connectivity index (χ0v) is 23.5. The van der Waals surface area contributed by atoms with Crippen LogP contribution >= 0.6 is 24.2 Å². The summed E-state index contributed by atoms with van der Waals surface area (Å²) < 4.78 is 15.7. The summed E-state index contributed by atoms with van der Waals surface area (Å²) in [5.41, 5.74) is 0.227. The SMILES string of the molecule is CCCN(CCC)CCOC(=O)C1N2C(=O)[C@@H](NC(=O)c3c(OC)cccc3OC)C2SC1(C)C.Cl. The number of carbonyl (C=O) groups excluding carboxylic acids is 3. The quantitative estimate of drug-likeness (QED) is 0.317. The van der Waals surface area contributed by atoms with E-state index in [9.17, 15) is 14.4 Å². The van der Waals surface area contributed by atoms with Crippen LogP contribution in [-0.4, -0.2) is 90.2 Å². The molecule has 0 radical (unpaired) electrons. The Morgan fingerprint density at radius 2 is 1.67 bits per heavy atom. The molecular weight excluding hydrogens is 506 g/mol. The van der Waals surface area contributed by atoms with E-state index in [1.807, 2.05) is 13.8 Å². The molecule has 2 aliphatic rings. The first kappa shape index (κ1) is 30.1. The number of thioether (sulfide) groups is 1. The predicted molar refractivity (Wildman–Crippen MR) is 142 cm³/mol. The number of halogens is 1. The lowest BCUT2D eigenvalue weighted by molar-refractivity contribution is -0.163. The standard InChI is InChI=1S/C25H37N3O6S.ClH/c1-7-12-27(13-8-2)14-15-34-24(31)20-25(3,4)35-23-19(22(30)28(20)23)26-21(29)18-16(32-5)10-9-11-17(18)33-6;/h9-11,19-20,23H,7-8,12-15H2,1-6H3,(H,26,29);1H/t19-,20?,23?;/m1./s1. The fraction of sp³-hybridized carbons (Fsp3) is 0.640. The number of hydrogen-bond donors (Lipinski definition) is 1. The van der Waals surface area contributed by atoms with Gasteiger partial charge in [0, 0.05) is 11.3 Å². The zero-order valence-electron chi connectivity index (χ0n) is 21.9. The van der Waals surface area contributed by atoms with Gasteiger partial charge in [0.2, 0.25) is 5.91 Å². The van der Waals surface area contributed by atoms with Crippen LogP contribution in [0.3, 0.4) is 0 Å². The Morgan fingerprint density at radius 1 is 1.08 bits per heavy atom. The van der Waals surface area contributed by atoms with Gasteiger partial charge in [0.15, 0.2) is 0 Å². The normalized spacial score (nSPS) is 21.8. The largest absolute Gasteiger partial charge is 0.496 e. The van der Waals surface area contributed by atoms with Crippen molar-refractivity contribution in [3.8, 4) is 11.5 Å². The van der Waals surface area contributed by atoms with Crippen LogP contribution in [0.2, 0.25) is 0 Å². The van der Waals surface area contributed by atoms with Crippen LogP contribution in [-0.2, 0) is 14.3 Å². The maximum Gasteiger partial charge on any atom is 0.330 e. The second-order valence-electron chi connectivity index (χ2n) is 9.26. The Morgan fingerprint density at radius 3 is 2.19 bits per heavy atom. The van der Waals surface area contributed by atoms with Crippen molar-refractivity contribution in [1.29, 1.82) is 0 Å². The highest BCUT2D eigenvalue weighted by molar-refractivity contribution is 8.01. The lowest BCUT2D eigenvalue weighted by Gasteiger charge is -2.44. The van der Waals surface area contributed by atoms with Crippen LogP contribution < -0.4 is 14.8 Å². The first-order valence-electron chi connectivity index (χ1n) is 12.1. The summed E-state index contributed by atoms with van der Waals surface area (Å²) in [5, 5.41) is 2.47. The maximum absolute atomic E-state index is 13.1. The molecule has 0 bridgehead atoms. The number of nitrogens with zero attached hydrogens (tertiary/aromatic N) is 2.